The third-order valence-electron chi connectivity index (χ3n) is 4.33. The predicted octanol–water partition coefficient (Wildman–Crippen LogP) is 3.05. The Kier molecular flexibility index (Phi) is 5.86. The summed E-state index contributed by atoms with van der Waals surface area (Å²) < 4.78 is 5.30. The van der Waals surface area contributed by atoms with Gasteiger partial charge in [-0.15, -0.1) is 0 Å². The molecule has 0 radical (unpaired) electrons. The summed E-state index contributed by atoms with van der Waals surface area (Å²) in [6, 6.07) is 9.80. The molecular weight excluding hydrogens is 248 g/mol. The second-order valence-corrected chi connectivity index (χ2v) is 5.84. The molecule has 0 amide bonds. The molecule has 3 heteroatoms. The first-order valence-electron chi connectivity index (χ1n) is 7.79. The molecule has 1 aliphatic carbocycles. The molecule has 2 rings (SSSR count). The van der Waals surface area contributed by atoms with Gasteiger partial charge in [0.05, 0.1) is 7.11 Å². The van der Waals surface area contributed by atoms with Crippen LogP contribution in [0.15, 0.2) is 24.3 Å². The van der Waals surface area contributed by atoms with E-state index < -0.39 is 0 Å². The Labute approximate surface area is 123 Å². The van der Waals surface area contributed by atoms with Crippen LogP contribution >= 0.6 is 0 Å². The van der Waals surface area contributed by atoms with Crippen molar-refractivity contribution >= 4 is 0 Å². The Bertz CT molecular complexity index is 406. The van der Waals surface area contributed by atoms with Crippen LogP contribution in [0.4, 0.5) is 0 Å². The van der Waals surface area contributed by atoms with Crippen LogP contribution in [0.2, 0.25) is 0 Å². The molecule has 0 bridgehead atoms. The van der Waals surface area contributed by atoms with Crippen molar-refractivity contribution in [2.24, 2.45) is 0 Å². The molecule has 0 aromatic heterocycles. The average molecular weight is 276 g/mol. The summed E-state index contributed by atoms with van der Waals surface area (Å²) in [6.07, 6.45) is 5.26. The van der Waals surface area contributed by atoms with Gasteiger partial charge >= 0.3 is 0 Å². The summed E-state index contributed by atoms with van der Waals surface area (Å²) in [7, 11) is 3.98. The molecule has 1 aromatic rings. The van der Waals surface area contributed by atoms with Crippen LogP contribution in [0.5, 0.6) is 5.75 Å². The standard InChI is InChI=1S/C17H28N2O/c1-4-18-15-8-6-9-16(12-15)19(2)13-14-7-5-10-17(11-14)20-3/h5,7,10-11,15-16,18H,4,6,8-9,12-13H2,1-3H3. The van der Waals surface area contributed by atoms with Crippen LogP contribution in [0.3, 0.4) is 0 Å². The normalized spacial score (nSPS) is 23.0. The van der Waals surface area contributed by atoms with E-state index in [4.69, 9.17) is 4.74 Å². The van der Waals surface area contributed by atoms with Crippen LogP contribution < -0.4 is 10.1 Å². The quantitative estimate of drug-likeness (QED) is 0.864. The second kappa shape index (κ2) is 7.65. The van der Waals surface area contributed by atoms with Crippen molar-refractivity contribution < 1.29 is 4.74 Å². The summed E-state index contributed by atoms with van der Waals surface area (Å²) >= 11 is 0. The van der Waals surface area contributed by atoms with E-state index in [-0.39, 0.29) is 0 Å². The number of benzene rings is 1. The lowest BCUT2D eigenvalue weighted by molar-refractivity contribution is 0.163. The molecule has 1 N–H and O–H groups in total. The molecule has 0 saturated heterocycles. The van der Waals surface area contributed by atoms with Crippen LogP contribution in [0.1, 0.15) is 38.2 Å². The zero-order valence-corrected chi connectivity index (χ0v) is 13.1. The van der Waals surface area contributed by atoms with Crippen molar-refractivity contribution in [3.8, 4) is 5.75 Å². The molecule has 0 aliphatic heterocycles. The van der Waals surface area contributed by atoms with Crippen molar-refractivity contribution in [3.05, 3.63) is 29.8 Å². The first-order valence-corrected chi connectivity index (χ1v) is 7.79. The molecule has 2 atom stereocenters. The van der Waals surface area contributed by atoms with Crippen molar-refractivity contribution in [1.29, 1.82) is 0 Å². The number of methoxy groups -OCH3 is 1. The molecule has 1 aliphatic rings. The van der Waals surface area contributed by atoms with Crippen molar-refractivity contribution in [2.75, 3.05) is 20.7 Å². The van der Waals surface area contributed by atoms with Gasteiger partial charge in [-0.1, -0.05) is 25.5 Å². The Morgan fingerprint density at radius 1 is 1.35 bits per heavy atom. The zero-order valence-electron chi connectivity index (χ0n) is 13.1. The van der Waals surface area contributed by atoms with Crippen LogP contribution in [-0.4, -0.2) is 37.7 Å². The Morgan fingerprint density at radius 3 is 2.95 bits per heavy atom. The highest BCUT2D eigenvalue weighted by Gasteiger charge is 2.24. The fraction of sp³-hybridized carbons (Fsp3) is 0.647. The van der Waals surface area contributed by atoms with E-state index in [9.17, 15) is 0 Å². The van der Waals surface area contributed by atoms with Gasteiger partial charge in [-0.2, -0.15) is 0 Å². The molecule has 1 fully saturated rings. The minimum absolute atomic E-state index is 0.694. The monoisotopic (exact) mass is 276 g/mol. The topological polar surface area (TPSA) is 24.5 Å². The fourth-order valence-corrected chi connectivity index (χ4v) is 3.23. The van der Waals surface area contributed by atoms with Gasteiger partial charge in [0.2, 0.25) is 0 Å². The number of hydrogen-bond donors (Lipinski definition) is 1. The highest BCUT2D eigenvalue weighted by atomic mass is 16.5. The molecule has 1 saturated carbocycles. The summed E-state index contributed by atoms with van der Waals surface area (Å²) in [5.74, 6) is 0.949. The second-order valence-electron chi connectivity index (χ2n) is 5.84. The van der Waals surface area contributed by atoms with Gasteiger partial charge in [0.1, 0.15) is 5.75 Å². The van der Waals surface area contributed by atoms with Gasteiger partial charge in [-0.3, -0.25) is 4.90 Å². The van der Waals surface area contributed by atoms with Crippen molar-refractivity contribution in [1.82, 2.24) is 10.2 Å². The molecule has 1 aromatic carbocycles. The van der Waals surface area contributed by atoms with Gasteiger partial charge in [0, 0.05) is 18.6 Å². The number of hydrogen-bond acceptors (Lipinski definition) is 3. The van der Waals surface area contributed by atoms with E-state index in [0.29, 0.717) is 12.1 Å². The molecule has 0 heterocycles. The lowest BCUT2D eigenvalue weighted by Crippen LogP contribution is -2.42. The van der Waals surface area contributed by atoms with E-state index in [0.717, 1.165) is 18.8 Å². The Balaban J connectivity index is 1.91. The van der Waals surface area contributed by atoms with Gasteiger partial charge in [-0.05, 0) is 50.6 Å². The lowest BCUT2D eigenvalue weighted by atomic mass is 9.90. The summed E-state index contributed by atoms with van der Waals surface area (Å²) in [6.45, 7) is 4.28. The fourth-order valence-electron chi connectivity index (χ4n) is 3.23. The average Bonchev–Trinajstić information content (AvgIpc) is 2.48. The maximum atomic E-state index is 5.30. The molecule has 20 heavy (non-hydrogen) atoms. The van der Waals surface area contributed by atoms with Crippen molar-refractivity contribution in [2.45, 2.75) is 51.2 Å². The number of rotatable bonds is 6. The number of nitrogens with one attached hydrogen (secondary N) is 1. The van der Waals surface area contributed by atoms with E-state index in [1.165, 1.54) is 31.2 Å². The van der Waals surface area contributed by atoms with Crippen LogP contribution in [0, 0.1) is 0 Å². The first kappa shape index (κ1) is 15.3. The predicted molar refractivity (Wildman–Crippen MR) is 84.2 cm³/mol. The number of nitrogens with zero attached hydrogens (tertiary/aromatic N) is 1. The maximum absolute atomic E-state index is 5.30. The molecular formula is C17H28N2O. The third kappa shape index (κ3) is 4.22. The van der Waals surface area contributed by atoms with Crippen molar-refractivity contribution in [3.63, 3.8) is 0 Å². The zero-order chi connectivity index (χ0) is 14.4. The molecule has 3 nitrogen and oxygen atoms in total. The summed E-state index contributed by atoms with van der Waals surface area (Å²) in [5, 5.41) is 3.60. The van der Waals surface area contributed by atoms with Gasteiger partial charge < -0.3 is 10.1 Å². The smallest absolute Gasteiger partial charge is 0.119 e. The van der Waals surface area contributed by atoms with Gasteiger partial charge in [0.25, 0.3) is 0 Å². The van der Waals surface area contributed by atoms with E-state index in [2.05, 4.69) is 42.4 Å². The maximum Gasteiger partial charge on any atom is 0.119 e. The molecule has 112 valence electrons. The van der Waals surface area contributed by atoms with E-state index in [1.54, 1.807) is 7.11 Å². The minimum Gasteiger partial charge on any atom is -0.497 e. The molecule has 2 unspecified atom stereocenters. The van der Waals surface area contributed by atoms with Crippen LogP contribution in [-0.2, 0) is 6.54 Å². The lowest BCUT2D eigenvalue weighted by Gasteiger charge is -2.35. The van der Waals surface area contributed by atoms with Gasteiger partial charge in [0.15, 0.2) is 0 Å². The Morgan fingerprint density at radius 2 is 2.20 bits per heavy atom. The highest BCUT2D eigenvalue weighted by molar-refractivity contribution is 5.28. The van der Waals surface area contributed by atoms with Crippen LogP contribution in [0.25, 0.3) is 0 Å². The van der Waals surface area contributed by atoms with E-state index in [1.807, 2.05) is 6.07 Å². The largest absolute Gasteiger partial charge is 0.497 e. The van der Waals surface area contributed by atoms with E-state index >= 15 is 0 Å². The summed E-state index contributed by atoms with van der Waals surface area (Å²) in [5.41, 5.74) is 1.33. The highest BCUT2D eigenvalue weighted by Crippen LogP contribution is 2.24. The van der Waals surface area contributed by atoms with Gasteiger partial charge in [-0.25, -0.2) is 0 Å². The number of ether oxygens (including phenoxy) is 1. The molecule has 0 spiro atoms. The Hall–Kier alpha value is -1.06. The third-order valence-corrected chi connectivity index (χ3v) is 4.33. The SMILES string of the molecule is CCNC1CCCC(N(C)Cc2cccc(OC)c2)C1. The summed E-state index contributed by atoms with van der Waals surface area (Å²) in [4.78, 5) is 2.50. The minimum atomic E-state index is 0.694. The first-order chi connectivity index (χ1) is 9.72.